The highest BCUT2D eigenvalue weighted by molar-refractivity contribution is 8.01. The molecule has 0 radical (unpaired) electrons. The first-order chi connectivity index (χ1) is 11.1. The third-order valence-corrected chi connectivity index (χ3v) is 4.73. The lowest BCUT2D eigenvalue weighted by molar-refractivity contribution is -0.118. The Morgan fingerprint density at radius 3 is 2.96 bits per heavy atom. The summed E-state index contributed by atoms with van der Waals surface area (Å²) < 4.78 is 5.94. The van der Waals surface area contributed by atoms with Crippen molar-refractivity contribution in [3.8, 4) is 5.75 Å². The SMILES string of the molecule is COc1cccc(Nc2nnc(SCC(=O)NCC(C)C)s2)c1. The van der Waals surface area contributed by atoms with Gasteiger partial charge in [0.05, 0.1) is 12.9 Å². The molecule has 6 nitrogen and oxygen atoms in total. The molecule has 0 spiro atoms. The second kappa shape index (κ2) is 8.73. The summed E-state index contributed by atoms with van der Waals surface area (Å²) in [5.74, 6) is 1.59. The zero-order valence-corrected chi connectivity index (χ0v) is 15.0. The van der Waals surface area contributed by atoms with Crippen molar-refractivity contribution in [3.05, 3.63) is 24.3 Å². The normalized spacial score (nSPS) is 10.6. The number of amides is 1. The molecular formula is C15H20N4O2S2. The van der Waals surface area contributed by atoms with Crippen molar-refractivity contribution in [1.82, 2.24) is 15.5 Å². The van der Waals surface area contributed by atoms with Gasteiger partial charge in [-0.15, -0.1) is 10.2 Å². The second-order valence-electron chi connectivity index (χ2n) is 5.22. The van der Waals surface area contributed by atoms with Crippen molar-refractivity contribution in [2.75, 3.05) is 24.7 Å². The summed E-state index contributed by atoms with van der Waals surface area (Å²) in [6.07, 6.45) is 0. The third kappa shape index (κ3) is 6.07. The van der Waals surface area contributed by atoms with Crippen molar-refractivity contribution in [2.24, 2.45) is 5.92 Å². The molecule has 0 aliphatic carbocycles. The van der Waals surface area contributed by atoms with E-state index in [2.05, 4.69) is 34.7 Å². The number of methoxy groups -OCH3 is 1. The van der Waals surface area contributed by atoms with Crippen LogP contribution >= 0.6 is 23.1 Å². The number of carbonyl (C=O) groups excluding carboxylic acids is 1. The van der Waals surface area contributed by atoms with E-state index >= 15 is 0 Å². The summed E-state index contributed by atoms with van der Waals surface area (Å²) in [4.78, 5) is 11.7. The highest BCUT2D eigenvalue weighted by atomic mass is 32.2. The number of anilines is 2. The van der Waals surface area contributed by atoms with Gasteiger partial charge in [-0.2, -0.15) is 0 Å². The highest BCUT2D eigenvalue weighted by Gasteiger charge is 2.09. The van der Waals surface area contributed by atoms with Gasteiger partial charge >= 0.3 is 0 Å². The summed E-state index contributed by atoms with van der Waals surface area (Å²) in [6, 6.07) is 7.59. The molecule has 0 fully saturated rings. The number of rotatable bonds is 8. The third-order valence-electron chi connectivity index (χ3n) is 2.76. The first-order valence-corrected chi connectivity index (χ1v) is 9.01. The van der Waals surface area contributed by atoms with Crippen LogP contribution in [0.1, 0.15) is 13.8 Å². The number of benzene rings is 1. The van der Waals surface area contributed by atoms with Gasteiger partial charge in [0.2, 0.25) is 11.0 Å². The Labute approximate surface area is 144 Å². The van der Waals surface area contributed by atoms with E-state index in [9.17, 15) is 4.79 Å². The molecule has 1 heterocycles. The van der Waals surface area contributed by atoms with E-state index in [1.54, 1.807) is 7.11 Å². The van der Waals surface area contributed by atoms with E-state index in [0.717, 1.165) is 15.8 Å². The van der Waals surface area contributed by atoms with Crippen molar-refractivity contribution in [3.63, 3.8) is 0 Å². The summed E-state index contributed by atoms with van der Waals surface area (Å²) in [5, 5.41) is 14.9. The lowest BCUT2D eigenvalue weighted by Gasteiger charge is -2.06. The van der Waals surface area contributed by atoms with E-state index in [1.807, 2.05) is 24.3 Å². The number of hydrogen-bond donors (Lipinski definition) is 2. The monoisotopic (exact) mass is 352 g/mol. The van der Waals surface area contributed by atoms with E-state index in [0.29, 0.717) is 23.3 Å². The van der Waals surface area contributed by atoms with Gasteiger partial charge in [-0.25, -0.2) is 0 Å². The predicted octanol–water partition coefficient (Wildman–Crippen LogP) is 3.15. The Kier molecular flexibility index (Phi) is 6.66. The predicted molar refractivity (Wildman–Crippen MR) is 94.8 cm³/mol. The first-order valence-electron chi connectivity index (χ1n) is 7.21. The molecule has 2 N–H and O–H groups in total. The maximum atomic E-state index is 11.7. The van der Waals surface area contributed by atoms with Gasteiger partial charge in [0.25, 0.3) is 0 Å². The fourth-order valence-electron chi connectivity index (χ4n) is 1.64. The quantitative estimate of drug-likeness (QED) is 0.711. The first kappa shape index (κ1) is 17.6. The van der Waals surface area contributed by atoms with E-state index in [4.69, 9.17) is 4.74 Å². The topological polar surface area (TPSA) is 76.1 Å². The molecule has 0 bridgehead atoms. The Hall–Kier alpha value is -1.80. The number of thioether (sulfide) groups is 1. The summed E-state index contributed by atoms with van der Waals surface area (Å²) in [5.41, 5.74) is 0.881. The minimum absolute atomic E-state index is 0.0150. The van der Waals surface area contributed by atoms with E-state index in [1.165, 1.54) is 23.1 Å². The van der Waals surface area contributed by atoms with Crippen molar-refractivity contribution in [2.45, 2.75) is 18.2 Å². The number of hydrogen-bond acceptors (Lipinski definition) is 7. The van der Waals surface area contributed by atoms with Crippen LogP contribution < -0.4 is 15.4 Å². The molecule has 0 saturated heterocycles. The van der Waals surface area contributed by atoms with Crippen LogP contribution in [0.15, 0.2) is 28.6 Å². The minimum Gasteiger partial charge on any atom is -0.497 e. The van der Waals surface area contributed by atoms with Crippen LogP contribution in [0.25, 0.3) is 0 Å². The maximum absolute atomic E-state index is 11.7. The molecule has 0 atom stereocenters. The van der Waals surface area contributed by atoms with Gasteiger partial charge in [-0.3, -0.25) is 4.79 Å². The Morgan fingerprint density at radius 1 is 1.39 bits per heavy atom. The molecular weight excluding hydrogens is 332 g/mol. The molecule has 2 aromatic rings. The van der Waals surface area contributed by atoms with Gasteiger partial charge < -0.3 is 15.4 Å². The number of aromatic nitrogens is 2. The van der Waals surface area contributed by atoms with Crippen molar-refractivity contribution < 1.29 is 9.53 Å². The average molecular weight is 352 g/mol. The largest absolute Gasteiger partial charge is 0.497 e. The van der Waals surface area contributed by atoms with E-state index in [-0.39, 0.29) is 5.91 Å². The molecule has 0 saturated carbocycles. The Balaban J connectivity index is 1.84. The van der Waals surface area contributed by atoms with Crippen LogP contribution in [0.5, 0.6) is 5.75 Å². The van der Waals surface area contributed by atoms with Gasteiger partial charge in [-0.1, -0.05) is 43.0 Å². The average Bonchev–Trinajstić information content (AvgIpc) is 2.98. The van der Waals surface area contributed by atoms with Crippen LogP contribution in [-0.2, 0) is 4.79 Å². The fourth-order valence-corrected chi connectivity index (χ4v) is 3.24. The fraction of sp³-hybridized carbons (Fsp3) is 0.400. The van der Waals surface area contributed by atoms with Crippen LogP contribution in [0.3, 0.4) is 0 Å². The zero-order chi connectivity index (χ0) is 16.7. The summed E-state index contributed by atoms with van der Waals surface area (Å²) >= 11 is 2.80. The molecule has 1 aromatic heterocycles. The maximum Gasteiger partial charge on any atom is 0.230 e. The molecule has 1 aromatic carbocycles. The van der Waals surface area contributed by atoms with Gasteiger partial charge in [0.1, 0.15) is 5.75 Å². The van der Waals surface area contributed by atoms with Crippen LogP contribution in [0, 0.1) is 5.92 Å². The smallest absolute Gasteiger partial charge is 0.230 e. The number of ether oxygens (including phenoxy) is 1. The van der Waals surface area contributed by atoms with Crippen molar-refractivity contribution in [1.29, 1.82) is 0 Å². The number of nitrogens with zero attached hydrogens (tertiary/aromatic N) is 2. The molecule has 0 unspecified atom stereocenters. The van der Waals surface area contributed by atoms with E-state index < -0.39 is 0 Å². The Morgan fingerprint density at radius 2 is 2.22 bits per heavy atom. The van der Waals surface area contributed by atoms with Crippen LogP contribution in [0.4, 0.5) is 10.8 Å². The molecule has 0 aliphatic rings. The standard InChI is InChI=1S/C15H20N4O2S2/c1-10(2)8-16-13(20)9-22-15-19-18-14(23-15)17-11-5-4-6-12(7-11)21-3/h4-7,10H,8-9H2,1-3H3,(H,16,20)(H,17,18). The second-order valence-corrected chi connectivity index (χ2v) is 7.42. The lowest BCUT2D eigenvalue weighted by atomic mass is 10.2. The minimum atomic E-state index is 0.0150. The molecule has 2 rings (SSSR count). The zero-order valence-electron chi connectivity index (χ0n) is 13.3. The summed E-state index contributed by atoms with van der Waals surface area (Å²) in [7, 11) is 1.63. The Bertz CT molecular complexity index is 646. The number of carbonyl (C=O) groups is 1. The summed E-state index contributed by atoms with van der Waals surface area (Å²) in [6.45, 7) is 4.82. The van der Waals surface area contributed by atoms with Gasteiger partial charge in [0.15, 0.2) is 4.34 Å². The van der Waals surface area contributed by atoms with Crippen molar-refractivity contribution >= 4 is 39.8 Å². The highest BCUT2D eigenvalue weighted by Crippen LogP contribution is 2.28. The molecule has 23 heavy (non-hydrogen) atoms. The lowest BCUT2D eigenvalue weighted by Crippen LogP contribution is -2.28. The van der Waals surface area contributed by atoms with Gasteiger partial charge in [-0.05, 0) is 18.1 Å². The van der Waals surface area contributed by atoms with Crippen LogP contribution in [0.2, 0.25) is 0 Å². The number of nitrogens with one attached hydrogen (secondary N) is 2. The molecule has 1 amide bonds. The molecule has 8 heteroatoms. The molecule has 124 valence electrons. The molecule has 0 aliphatic heterocycles. The van der Waals surface area contributed by atoms with Crippen LogP contribution in [-0.4, -0.2) is 35.5 Å². The van der Waals surface area contributed by atoms with Gasteiger partial charge in [0, 0.05) is 18.3 Å².